The number of rotatable bonds is 61. The first-order valence-electron chi connectivity index (χ1n) is 36.7. The van der Waals surface area contributed by atoms with Crippen LogP contribution in [0.25, 0.3) is 0 Å². The second-order valence-corrected chi connectivity index (χ2v) is 24.5. The number of carboxylic acids is 1. The summed E-state index contributed by atoms with van der Waals surface area (Å²) in [5, 5.41) is 8.52. The summed E-state index contributed by atoms with van der Waals surface area (Å²) in [6, 6.07) is 0. The van der Waals surface area contributed by atoms with Gasteiger partial charge in [-0.3, -0.25) is 33.6 Å². The largest absolute Gasteiger partial charge is 0.481 e. The molecule has 1 N–H and O–H groups in total. The van der Waals surface area contributed by atoms with Crippen LogP contribution < -0.4 is 0 Å². The first-order valence-corrected chi connectivity index (χ1v) is 36.7. The second kappa shape index (κ2) is 77.5. The van der Waals surface area contributed by atoms with Crippen molar-refractivity contribution in [3.8, 4) is 0 Å². The number of methoxy groups -OCH3 is 2. The Bertz CT molecular complexity index is 1430. The molecule has 88 heavy (non-hydrogen) atoms. The fourth-order valence-corrected chi connectivity index (χ4v) is 9.76. The molecule has 0 amide bonds. The first-order chi connectivity index (χ1) is 42.7. The maximum atomic E-state index is 11.9. The Morgan fingerprint density at radius 1 is 0.261 bits per heavy atom. The van der Waals surface area contributed by atoms with Gasteiger partial charge < -0.3 is 33.5 Å². The third-order valence-corrected chi connectivity index (χ3v) is 16.1. The van der Waals surface area contributed by atoms with Crippen LogP contribution in [0.15, 0.2) is 0 Å². The van der Waals surface area contributed by atoms with Gasteiger partial charge in [0.25, 0.3) is 0 Å². The van der Waals surface area contributed by atoms with Gasteiger partial charge in [0.2, 0.25) is 0 Å². The van der Waals surface area contributed by atoms with Gasteiger partial charge >= 0.3 is 41.8 Å². The van der Waals surface area contributed by atoms with Crippen LogP contribution in [-0.2, 0) is 62.0 Å². The minimum absolute atomic E-state index is 0.0444. The highest BCUT2D eigenvalue weighted by molar-refractivity contribution is 5.71. The summed E-state index contributed by atoms with van der Waals surface area (Å²) in [6.45, 7) is 17.5. The molecule has 0 heterocycles. The molecule has 0 fully saturated rings. The molecule has 0 aliphatic carbocycles. The molecule has 14 nitrogen and oxygen atoms in total. The number of carbonyl (C=O) groups is 7. The van der Waals surface area contributed by atoms with E-state index in [1.807, 2.05) is 0 Å². The van der Waals surface area contributed by atoms with E-state index in [-0.39, 0.29) is 35.8 Å². The molecule has 0 aliphatic heterocycles. The standard InChI is InChI=1S/C26H50O4.C18H34O4.C18H36O2.C12H22O4/c1-5-9-17-23(7-3)21-29-25(27)19-15-13-11-12-14-16-20-26(28)30-22-24(8-4)18-10-6-2;1-3-5-15-21-17(19)13-11-9-7-8-10-12-14-18(20)22-16-6-4-2;1-2-3-4-5-6-7-8-9-10-11-12-13-14-15-16-17-18(19)20;1-15-11(13)9-7-5-3-4-6-8-10-12(14)16-2/h23-24H,5-22H2,1-4H3;3-16H2,1-2H3;2-17H2,1H3,(H,19,20);3-10H2,1-2H3. The molecule has 0 saturated heterocycles. The zero-order valence-corrected chi connectivity index (χ0v) is 59.0. The van der Waals surface area contributed by atoms with E-state index in [1.54, 1.807) is 0 Å². The Morgan fingerprint density at radius 3 is 0.705 bits per heavy atom. The SMILES string of the molecule is CCCCC(CC)COC(=O)CCCCCCCCC(=O)OCC(CC)CCCC.CCCCCCCCCCCCCCCCCC(=O)O.CCCCOC(=O)CCCCCCCCC(=O)OCCCC.COC(=O)CCCCCCCCC(=O)OC. The van der Waals surface area contributed by atoms with Crippen LogP contribution in [0.5, 0.6) is 0 Å². The van der Waals surface area contributed by atoms with Crippen LogP contribution in [0.4, 0.5) is 0 Å². The maximum absolute atomic E-state index is 11.9. The van der Waals surface area contributed by atoms with Crippen LogP contribution in [0.3, 0.4) is 0 Å². The number of unbranched alkanes of at least 4 members (excludes halogenated alkanes) is 33. The van der Waals surface area contributed by atoms with Gasteiger partial charge in [-0.25, -0.2) is 0 Å². The van der Waals surface area contributed by atoms with E-state index < -0.39 is 5.97 Å². The second-order valence-electron chi connectivity index (χ2n) is 24.5. The highest BCUT2D eigenvalue weighted by Gasteiger charge is 2.12. The van der Waals surface area contributed by atoms with Crippen molar-refractivity contribution in [3.63, 3.8) is 0 Å². The Balaban J connectivity index is -0.000000548. The Hall–Kier alpha value is -3.71. The van der Waals surface area contributed by atoms with Crippen LogP contribution >= 0.6 is 0 Å². The molecule has 2 unspecified atom stereocenters. The molecule has 0 spiro atoms. The van der Waals surface area contributed by atoms with Gasteiger partial charge in [0.05, 0.1) is 40.6 Å². The number of carbonyl (C=O) groups excluding carboxylic acids is 6. The lowest BCUT2D eigenvalue weighted by atomic mass is 10.0. The van der Waals surface area contributed by atoms with Gasteiger partial charge in [0.15, 0.2) is 0 Å². The van der Waals surface area contributed by atoms with E-state index in [1.165, 1.54) is 123 Å². The van der Waals surface area contributed by atoms with Gasteiger partial charge in [-0.1, -0.05) is 267 Å². The highest BCUT2D eigenvalue weighted by atomic mass is 16.5. The molecule has 2 atom stereocenters. The van der Waals surface area contributed by atoms with Crippen LogP contribution in [-0.4, -0.2) is 87.5 Å². The third kappa shape index (κ3) is 80.3. The van der Waals surface area contributed by atoms with E-state index in [0.29, 0.717) is 83.2 Å². The van der Waals surface area contributed by atoms with Gasteiger partial charge in [-0.2, -0.15) is 0 Å². The summed E-state index contributed by atoms with van der Waals surface area (Å²) < 4.78 is 30.2. The van der Waals surface area contributed by atoms with Crippen molar-refractivity contribution in [1.29, 1.82) is 0 Å². The maximum Gasteiger partial charge on any atom is 0.305 e. The van der Waals surface area contributed by atoms with Crippen molar-refractivity contribution >= 4 is 41.8 Å². The Labute approximate surface area is 541 Å². The third-order valence-electron chi connectivity index (χ3n) is 16.1. The summed E-state index contributed by atoms with van der Waals surface area (Å²) in [5.74, 6) is -0.105. The summed E-state index contributed by atoms with van der Waals surface area (Å²) in [5.41, 5.74) is 0. The summed E-state index contributed by atoms with van der Waals surface area (Å²) in [7, 11) is 2.82. The summed E-state index contributed by atoms with van der Waals surface area (Å²) >= 11 is 0. The molecule has 0 aromatic rings. The number of ether oxygens (including phenoxy) is 6. The van der Waals surface area contributed by atoms with Gasteiger partial charge in [-0.05, 0) is 82.5 Å². The van der Waals surface area contributed by atoms with E-state index in [0.717, 1.165) is 180 Å². The van der Waals surface area contributed by atoms with E-state index >= 15 is 0 Å². The van der Waals surface area contributed by atoms with Gasteiger partial charge in [0, 0.05) is 44.9 Å². The number of esters is 6. The number of hydrogen-bond acceptors (Lipinski definition) is 13. The molecule has 522 valence electrons. The predicted octanol–water partition coefficient (Wildman–Crippen LogP) is 21.2. The number of aliphatic carboxylic acids is 1. The molecule has 0 saturated carbocycles. The van der Waals surface area contributed by atoms with Crippen LogP contribution in [0.2, 0.25) is 0 Å². The average molecular weight is 1260 g/mol. The molecule has 0 aromatic carbocycles. The fourth-order valence-electron chi connectivity index (χ4n) is 9.76. The van der Waals surface area contributed by atoms with Crippen LogP contribution in [0.1, 0.15) is 382 Å². The van der Waals surface area contributed by atoms with Crippen molar-refractivity contribution in [2.24, 2.45) is 11.8 Å². The number of carboxylic acid groups (broad SMARTS) is 1. The highest BCUT2D eigenvalue weighted by Crippen LogP contribution is 2.18. The zero-order valence-electron chi connectivity index (χ0n) is 59.0. The van der Waals surface area contributed by atoms with Crippen molar-refractivity contribution in [3.05, 3.63) is 0 Å². The summed E-state index contributed by atoms with van der Waals surface area (Å²) in [4.78, 5) is 78.3. The Morgan fingerprint density at radius 2 is 0.477 bits per heavy atom. The lowest BCUT2D eigenvalue weighted by Crippen LogP contribution is -2.13. The quantitative estimate of drug-likeness (QED) is 0.0343. The number of hydrogen-bond donors (Lipinski definition) is 1. The molecule has 0 aromatic heterocycles. The van der Waals surface area contributed by atoms with Crippen molar-refractivity contribution in [2.75, 3.05) is 40.6 Å². The zero-order chi connectivity index (χ0) is 66.0. The van der Waals surface area contributed by atoms with Crippen molar-refractivity contribution in [1.82, 2.24) is 0 Å². The van der Waals surface area contributed by atoms with E-state index in [9.17, 15) is 33.6 Å². The molecule has 14 heteroatoms. The topological polar surface area (TPSA) is 195 Å². The van der Waals surface area contributed by atoms with Gasteiger partial charge in [-0.15, -0.1) is 0 Å². The predicted molar refractivity (Wildman–Crippen MR) is 362 cm³/mol. The minimum Gasteiger partial charge on any atom is -0.481 e. The lowest BCUT2D eigenvalue weighted by Gasteiger charge is -2.14. The van der Waals surface area contributed by atoms with E-state index in [4.69, 9.17) is 24.1 Å². The minimum atomic E-state index is -0.653. The van der Waals surface area contributed by atoms with Gasteiger partial charge in [0.1, 0.15) is 0 Å². The fraction of sp³-hybridized carbons (Fsp3) is 0.905. The van der Waals surface area contributed by atoms with E-state index in [2.05, 4.69) is 57.9 Å². The lowest BCUT2D eigenvalue weighted by molar-refractivity contribution is -0.146. The first kappa shape index (κ1) is 90.7. The monoisotopic (exact) mass is 1260 g/mol. The van der Waals surface area contributed by atoms with Crippen molar-refractivity contribution in [2.45, 2.75) is 382 Å². The molecular weight excluding hydrogens is 1110 g/mol. The molecule has 0 aliphatic rings. The summed E-state index contributed by atoms with van der Waals surface area (Å²) in [6.07, 6.45) is 55.1. The van der Waals surface area contributed by atoms with Crippen molar-refractivity contribution < 1.29 is 67.1 Å². The molecule has 0 radical (unpaired) electrons. The molecule has 0 bridgehead atoms. The normalized spacial score (nSPS) is 11.3. The van der Waals surface area contributed by atoms with Crippen LogP contribution in [0, 0.1) is 11.8 Å². The smallest absolute Gasteiger partial charge is 0.305 e. The average Bonchev–Trinajstić information content (AvgIpc) is 3.52. The Kier molecular flexibility index (Phi) is 79.9. The molecule has 0 rings (SSSR count). The molecular formula is C74H142O14.